The molecule has 4 amide bonds. The Hall–Kier alpha value is -2.06. The van der Waals surface area contributed by atoms with Crippen molar-refractivity contribution in [1.29, 1.82) is 0 Å². The van der Waals surface area contributed by atoms with Gasteiger partial charge >= 0.3 is 0 Å². The third kappa shape index (κ3) is 22.7. The van der Waals surface area contributed by atoms with Crippen molar-refractivity contribution in [3.63, 3.8) is 0 Å². The summed E-state index contributed by atoms with van der Waals surface area (Å²) in [4.78, 5) is 59.9. The van der Waals surface area contributed by atoms with Crippen LogP contribution < -0.4 is 0 Å². The topological polar surface area (TPSA) is 132 Å². The second-order valence-corrected chi connectivity index (χ2v) is 8.87. The smallest absolute Gasteiger partial charge is 0.248 e. The number of hydrogen-bond donors (Lipinski definition) is 0. The number of hydrogen-bond acceptors (Lipinski definition) is 10. The Morgan fingerprint density at radius 2 is 1.48 bits per heavy atom. The van der Waals surface area contributed by atoms with E-state index < -0.39 is 0 Å². The highest BCUT2D eigenvalue weighted by atomic mass is 32.2. The summed E-state index contributed by atoms with van der Waals surface area (Å²) in [6.07, 6.45) is 2.85. The van der Waals surface area contributed by atoms with E-state index in [1.807, 2.05) is 40.9 Å². The maximum absolute atomic E-state index is 11.8. The first kappa shape index (κ1) is 42.4. The van der Waals surface area contributed by atoms with Gasteiger partial charge in [-0.1, -0.05) is 27.7 Å². The molecule has 1 unspecified atom stereocenters. The molecule has 0 spiro atoms. The molecular weight excluding hydrogens is 542 g/mol. The lowest BCUT2D eigenvalue weighted by molar-refractivity contribution is -0.139. The Labute approximate surface area is 245 Å². The fraction of sp³-hybridized carbons (Fsp3) is 0.815. The monoisotopic (exact) mass is 595 g/mol. The molecule has 0 bridgehead atoms. The van der Waals surface area contributed by atoms with Gasteiger partial charge in [-0.2, -0.15) is 11.8 Å². The summed E-state index contributed by atoms with van der Waals surface area (Å²) in [6, 6.07) is 0. The highest BCUT2D eigenvalue weighted by Crippen LogP contribution is 2.22. The third-order valence-corrected chi connectivity index (χ3v) is 5.76. The van der Waals surface area contributed by atoms with Crippen LogP contribution in [0.2, 0.25) is 0 Å². The van der Waals surface area contributed by atoms with Crippen LogP contribution in [-0.2, 0) is 42.9 Å². The number of likely N-dealkylation sites (N-methyl/N-ethyl adjacent to an activating group) is 2. The summed E-state index contributed by atoms with van der Waals surface area (Å²) in [7, 11) is 3.26. The zero-order chi connectivity index (χ0) is 31.3. The summed E-state index contributed by atoms with van der Waals surface area (Å²) in [5.41, 5.74) is 0. The maximum atomic E-state index is 11.8. The van der Waals surface area contributed by atoms with Gasteiger partial charge in [-0.05, 0) is 20.1 Å². The van der Waals surface area contributed by atoms with Gasteiger partial charge in [-0.3, -0.25) is 28.9 Å². The summed E-state index contributed by atoms with van der Waals surface area (Å²) in [5.74, 6) is -0.526. The van der Waals surface area contributed by atoms with Crippen molar-refractivity contribution in [1.82, 2.24) is 14.7 Å². The van der Waals surface area contributed by atoms with Gasteiger partial charge in [0.25, 0.3) is 0 Å². The van der Waals surface area contributed by atoms with Gasteiger partial charge in [-0.15, -0.1) is 0 Å². The Morgan fingerprint density at radius 3 is 1.95 bits per heavy atom. The molecule has 0 N–H and O–H groups in total. The minimum absolute atomic E-state index is 0.0478. The standard InChI is InChI=1S/C13H23NO5S.C10H18N2O4.2C2H6/c1-3-17-6-7-19-9-8-18-5-4-14-12(15)10-11(20-2)13(14)16;1-9(14)6-16-7-10(15)12(3)5-4-11(2)8-13;2*1-2/h11H,3-10H2,1-2H3;8H,4-7H2,1-3H3;2*1-2H3. The first-order valence-corrected chi connectivity index (χ1v) is 15.0. The summed E-state index contributed by atoms with van der Waals surface area (Å²) < 4.78 is 20.6. The quantitative estimate of drug-likeness (QED) is 0.124. The van der Waals surface area contributed by atoms with Crippen LogP contribution in [0.5, 0.6) is 0 Å². The van der Waals surface area contributed by atoms with E-state index in [2.05, 4.69) is 0 Å². The Balaban J connectivity index is -0.000000621. The highest BCUT2D eigenvalue weighted by Gasteiger charge is 2.37. The molecule has 1 saturated heterocycles. The number of rotatable bonds is 19. The van der Waals surface area contributed by atoms with Gasteiger partial charge in [0.2, 0.25) is 24.1 Å². The Morgan fingerprint density at radius 1 is 0.925 bits per heavy atom. The number of nitrogens with zero attached hydrogens (tertiary/aromatic N) is 3. The van der Waals surface area contributed by atoms with E-state index in [1.54, 1.807) is 14.1 Å². The van der Waals surface area contributed by atoms with Gasteiger partial charge in [-0.25, -0.2) is 0 Å². The van der Waals surface area contributed by atoms with Gasteiger partial charge < -0.3 is 28.7 Å². The molecule has 0 aliphatic carbocycles. The highest BCUT2D eigenvalue weighted by molar-refractivity contribution is 8.00. The number of thioether (sulfide) groups is 1. The van der Waals surface area contributed by atoms with E-state index in [0.29, 0.717) is 72.1 Å². The number of likely N-dealkylation sites (tertiary alicyclic amines) is 1. The molecule has 1 rings (SSSR count). The van der Waals surface area contributed by atoms with Crippen LogP contribution >= 0.6 is 11.8 Å². The second kappa shape index (κ2) is 29.9. The van der Waals surface area contributed by atoms with E-state index in [-0.39, 0.29) is 42.0 Å². The molecule has 12 nitrogen and oxygen atoms in total. The predicted octanol–water partition coefficient (Wildman–Crippen LogP) is 1.74. The maximum Gasteiger partial charge on any atom is 0.248 e. The lowest BCUT2D eigenvalue weighted by atomic mass is 10.4. The van der Waals surface area contributed by atoms with Crippen molar-refractivity contribution in [3.05, 3.63) is 0 Å². The first-order chi connectivity index (χ1) is 19.2. The molecule has 1 aliphatic rings. The number of amides is 4. The van der Waals surface area contributed by atoms with E-state index in [0.717, 1.165) is 0 Å². The molecule has 1 atom stereocenters. The molecule has 1 aliphatic heterocycles. The van der Waals surface area contributed by atoms with Crippen LogP contribution in [0.15, 0.2) is 0 Å². The van der Waals surface area contributed by atoms with Crippen molar-refractivity contribution in [2.45, 2.75) is 53.2 Å². The molecule has 0 saturated carbocycles. The average Bonchev–Trinajstić information content (AvgIpc) is 3.24. The SMILES string of the molecule is CC.CC.CC(=O)COCC(=O)N(C)CCN(C)C=O.CCOCCOCCOCCN1C(=O)CC(SC)C1=O. The van der Waals surface area contributed by atoms with E-state index in [9.17, 15) is 24.0 Å². The number of carbonyl (C=O) groups is 5. The van der Waals surface area contributed by atoms with Crippen LogP contribution in [0, 0.1) is 0 Å². The minimum Gasteiger partial charge on any atom is -0.379 e. The molecule has 0 aromatic carbocycles. The van der Waals surface area contributed by atoms with E-state index in [1.165, 1.54) is 33.4 Å². The van der Waals surface area contributed by atoms with Crippen LogP contribution in [0.3, 0.4) is 0 Å². The number of Topliss-reactive ketones (excluding diaryl/α,β-unsaturated/α-hetero) is 1. The molecular formula is C27H53N3O9S. The molecule has 0 aromatic heterocycles. The summed E-state index contributed by atoms with van der Waals surface area (Å²) in [6.45, 7) is 15.5. The molecule has 1 fully saturated rings. The predicted molar refractivity (Wildman–Crippen MR) is 157 cm³/mol. The molecule has 40 heavy (non-hydrogen) atoms. The zero-order valence-electron chi connectivity index (χ0n) is 26.1. The Kier molecular flexibility index (Phi) is 31.7. The van der Waals surface area contributed by atoms with Gasteiger partial charge in [0.1, 0.15) is 13.2 Å². The number of ether oxygens (including phenoxy) is 4. The normalized spacial score (nSPS) is 13.7. The van der Waals surface area contributed by atoms with Crippen molar-refractivity contribution in [2.75, 3.05) is 92.8 Å². The van der Waals surface area contributed by atoms with Gasteiger partial charge in [0.15, 0.2) is 5.78 Å². The largest absolute Gasteiger partial charge is 0.379 e. The fourth-order valence-electron chi connectivity index (χ4n) is 2.69. The fourth-order valence-corrected chi connectivity index (χ4v) is 3.33. The van der Waals surface area contributed by atoms with Crippen molar-refractivity contribution < 1.29 is 42.9 Å². The number of ketones is 1. The van der Waals surface area contributed by atoms with Crippen LogP contribution in [0.25, 0.3) is 0 Å². The van der Waals surface area contributed by atoms with Crippen LogP contribution in [-0.4, -0.2) is 143 Å². The number of carbonyl (C=O) groups excluding carboxylic acids is 5. The van der Waals surface area contributed by atoms with Crippen molar-refractivity contribution in [2.24, 2.45) is 0 Å². The zero-order valence-corrected chi connectivity index (χ0v) is 26.9. The lowest BCUT2D eigenvalue weighted by Gasteiger charge is -2.19. The molecule has 236 valence electrons. The van der Waals surface area contributed by atoms with Crippen molar-refractivity contribution >= 4 is 41.7 Å². The van der Waals surface area contributed by atoms with Crippen LogP contribution in [0.4, 0.5) is 0 Å². The third-order valence-electron chi connectivity index (χ3n) is 4.82. The molecule has 13 heteroatoms. The van der Waals surface area contributed by atoms with Crippen molar-refractivity contribution in [3.8, 4) is 0 Å². The average molecular weight is 596 g/mol. The van der Waals surface area contributed by atoms with Gasteiger partial charge in [0.05, 0.1) is 44.8 Å². The Bertz CT molecular complexity index is 684. The second-order valence-electron chi connectivity index (χ2n) is 7.83. The first-order valence-electron chi connectivity index (χ1n) is 13.7. The minimum atomic E-state index is -0.218. The summed E-state index contributed by atoms with van der Waals surface area (Å²) >= 11 is 1.42. The molecule has 0 radical (unpaired) electrons. The van der Waals surface area contributed by atoms with E-state index in [4.69, 9.17) is 18.9 Å². The molecule has 1 heterocycles. The van der Waals surface area contributed by atoms with Crippen LogP contribution in [0.1, 0.15) is 48.0 Å². The number of imide groups is 1. The lowest BCUT2D eigenvalue weighted by Crippen LogP contribution is -2.36. The summed E-state index contributed by atoms with van der Waals surface area (Å²) in [5, 5.41) is -0.218. The van der Waals surface area contributed by atoms with E-state index >= 15 is 0 Å². The van der Waals surface area contributed by atoms with Gasteiger partial charge in [0, 0.05) is 40.2 Å². The molecule has 0 aromatic rings.